The molecule has 0 bridgehead atoms. The van der Waals surface area contributed by atoms with E-state index in [-0.39, 0.29) is 0 Å². The average Bonchev–Trinajstić information content (AvgIpc) is 2.57. The third kappa shape index (κ3) is 3.22. The third-order valence-electron chi connectivity index (χ3n) is 2.94. The van der Waals surface area contributed by atoms with Gasteiger partial charge >= 0.3 is 0 Å². The summed E-state index contributed by atoms with van der Waals surface area (Å²) < 4.78 is 0. The second kappa shape index (κ2) is 6.63. The van der Waals surface area contributed by atoms with Crippen molar-refractivity contribution in [2.75, 3.05) is 6.54 Å². The van der Waals surface area contributed by atoms with Crippen LogP contribution in [0.1, 0.15) is 50.1 Å². The summed E-state index contributed by atoms with van der Waals surface area (Å²) in [6.07, 6.45) is 2.47. The lowest BCUT2D eigenvalue weighted by atomic mass is 9.95. The highest BCUT2D eigenvalue weighted by molar-refractivity contribution is 7.10. The van der Waals surface area contributed by atoms with Gasteiger partial charge in [0.15, 0.2) is 0 Å². The van der Waals surface area contributed by atoms with Crippen molar-refractivity contribution in [3.8, 4) is 0 Å². The summed E-state index contributed by atoms with van der Waals surface area (Å²) in [6.45, 7) is 9.77. The number of halogens is 1. The fraction of sp³-hybridized carbons (Fsp3) is 0.692. The van der Waals surface area contributed by atoms with Crippen LogP contribution in [-0.2, 0) is 0 Å². The van der Waals surface area contributed by atoms with Gasteiger partial charge in [-0.2, -0.15) is 0 Å². The SMILES string of the molecule is CCCC(C)C(NCC)c1scc(C)c1Cl. The van der Waals surface area contributed by atoms with Crippen LogP contribution in [0.15, 0.2) is 5.38 Å². The van der Waals surface area contributed by atoms with Crippen LogP contribution in [0.5, 0.6) is 0 Å². The molecule has 0 aromatic carbocycles. The molecule has 0 aliphatic carbocycles. The van der Waals surface area contributed by atoms with E-state index in [2.05, 4.69) is 38.4 Å². The first kappa shape index (κ1) is 14.0. The van der Waals surface area contributed by atoms with E-state index in [4.69, 9.17) is 11.6 Å². The van der Waals surface area contributed by atoms with Crippen molar-refractivity contribution in [1.29, 1.82) is 0 Å². The lowest BCUT2D eigenvalue weighted by molar-refractivity contribution is 0.374. The Morgan fingerprint density at radius 2 is 2.12 bits per heavy atom. The maximum Gasteiger partial charge on any atom is 0.0590 e. The first-order chi connectivity index (χ1) is 7.61. The lowest BCUT2D eigenvalue weighted by Gasteiger charge is -2.24. The van der Waals surface area contributed by atoms with Crippen molar-refractivity contribution >= 4 is 22.9 Å². The molecule has 1 heterocycles. The number of rotatable bonds is 6. The average molecular weight is 260 g/mol. The van der Waals surface area contributed by atoms with Crippen molar-refractivity contribution in [3.05, 3.63) is 20.8 Å². The highest BCUT2D eigenvalue weighted by Crippen LogP contribution is 2.37. The largest absolute Gasteiger partial charge is 0.309 e. The zero-order valence-corrected chi connectivity index (χ0v) is 12.2. The normalized spacial score (nSPS) is 15.1. The fourth-order valence-electron chi connectivity index (χ4n) is 2.05. The minimum atomic E-state index is 0.413. The molecule has 1 nitrogen and oxygen atoms in total. The third-order valence-corrected chi connectivity index (χ3v) is 4.74. The van der Waals surface area contributed by atoms with Gasteiger partial charge in [0.25, 0.3) is 0 Å². The molecule has 1 aromatic rings. The monoisotopic (exact) mass is 259 g/mol. The lowest BCUT2D eigenvalue weighted by Crippen LogP contribution is -2.26. The summed E-state index contributed by atoms with van der Waals surface area (Å²) in [7, 11) is 0. The van der Waals surface area contributed by atoms with E-state index in [1.807, 2.05) is 0 Å². The molecule has 92 valence electrons. The van der Waals surface area contributed by atoms with Gasteiger partial charge in [-0.15, -0.1) is 11.3 Å². The Hall–Kier alpha value is -0.0500. The highest BCUT2D eigenvalue weighted by Gasteiger charge is 2.22. The first-order valence-corrected chi connectivity index (χ1v) is 7.34. The fourth-order valence-corrected chi connectivity index (χ4v) is 3.57. The Kier molecular flexibility index (Phi) is 5.81. The smallest absolute Gasteiger partial charge is 0.0590 e. The van der Waals surface area contributed by atoms with Crippen LogP contribution in [0, 0.1) is 12.8 Å². The minimum absolute atomic E-state index is 0.413. The molecule has 0 radical (unpaired) electrons. The molecule has 1 N–H and O–H groups in total. The van der Waals surface area contributed by atoms with Crippen LogP contribution in [0.4, 0.5) is 0 Å². The molecule has 1 rings (SSSR count). The topological polar surface area (TPSA) is 12.0 Å². The van der Waals surface area contributed by atoms with Gasteiger partial charge in [-0.3, -0.25) is 0 Å². The Morgan fingerprint density at radius 3 is 2.56 bits per heavy atom. The summed E-state index contributed by atoms with van der Waals surface area (Å²) in [5.74, 6) is 0.639. The molecule has 0 amide bonds. The highest BCUT2D eigenvalue weighted by atomic mass is 35.5. The van der Waals surface area contributed by atoms with Crippen molar-refractivity contribution in [1.82, 2.24) is 5.32 Å². The quantitative estimate of drug-likeness (QED) is 0.774. The zero-order valence-electron chi connectivity index (χ0n) is 10.6. The number of hydrogen-bond acceptors (Lipinski definition) is 2. The summed E-state index contributed by atoms with van der Waals surface area (Å²) in [5, 5.41) is 6.67. The number of aryl methyl sites for hydroxylation is 1. The summed E-state index contributed by atoms with van der Waals surface area (Å²) in [5.41, 5.74) is 1.20. The Morgan fingerprint density at radius 1 is 1.44 bits per heavy atom. The van der Waals surface area contributed by atoms with Gasteiger partial charge in [-0.1, -0.05) is 38.8 Å². The van der Waals surface area contributed by atoms with Gasteiger partial charge in [-0.25, -0.2) is 0 Å². The van der Waals surface area contributed by atoms with Crippen LogP contribution < -0.4 is 5.32 Å². The van der Waals surface area contributed by atoms with Crippen LogP contribution >= 0.6 is 22.9 Å². The van der Waals surface area contributed by atoms with E-state index in [0.29, 0.717) is 12.0 Å². The van der Waals surface area contributed by atoms with E-state index >= 15 is 0 Å². The van der Waals surface area contributed by atoms with Crippen molar-refractivity contribution in [2.45, 2.75) is 46.6 Å². The van der Waals surface area contributed by atoms with E-state index in [1.54, 1.807) is 11.3 Å². The van der Waals surface area contributed by atoms with Gasteiger partial charge in [0, 0.05) is 10.9 Å². The Balaban J connectivity index is 2.88. The van der Waals surface area contributed by atoms with Crippen LogP contribution in [0.2, 0.25) is 5.02 Å². The minimum Gasteiger partial charge on any atom is -0.309 e. The van der Waals surface area contributed by atoms with E-state index < -0.39 is 0 Å². The van der Waals surface area contributed by atoms with Crippen LogP contribution in [0.25, 0.3) is 0 Å². The van der Waals surface area contributed by atoms with E-state index in [1.165, 1.54) is 23.3 Å². The molecule has 1 aromatic heterocycles. The second-order valence-electron chi connectivity index (χ2n) is 4.40. The van der Waals surface area contributed by atoms with E-state index in [0.717, 1.165) is 11.6 Å². The molecular formula is C13H22ClNS. The zero-order chi connectivity index (χ0) is 12.1. The van der Waals surface area contributed by atoms with Gasteiger partial charge in [-0.05, 0) is 36.8 Å². The standard InChI is InChI=1S/C13H22ClNS/c1-5-7-9(3)12(15-6-2)13-11(14)10(4)8-16-13/h8-9,12,15H,5-7H2,1-4H3. The first-order valence-electron chi connectivity index (χ1n) is 6.08. The summed E-state index contributed by atoms with van der Waals surface area (Å²) >= 11 is 8.14. The molecule has 0 aliphatic heterocycles. The van der Waals surface area contributed by atoms with Crippen molar-refractivity contribution in [2.24, 2.45) is 5.92 Å². The van der Waals surface area contributed by atoms with Crippen molar-refractivity contribution < 1.29 is 0 Å². The molecule has 16 heavy (non-hydrogen) atoms. The number of nitrogens with one attached hydrogen (secondary N) is 1. The molecule has 0 aliphatic rings. The molecule has 2 unspecified atom stereocenters. The Labute approximate surface area is 108 Å². The number of hydrogen-bond donors (Lipinski definition) is 1. The molecule has 3 heteroatoms. The van der Waals surface area contributed by atoms with Gasteiger partial charge in [0.1, 0.15) is 0 Å². The number of thiophene rings is 1. The van der Waals surface area contributed by atoms with E-state index in [9.17, 15) is 0 Å². The van der Waals surface area contributed by atoms with Gasteiger partial charge in [0.2, 0.25) is 0 Å². The van der Waals surface area contributed by atoms with Crippen LogP contribution in [0.3, 0.4) is 0 Å². The predicted molar refractivity (Wildman–Crippen MR) is 74.6 cm³/mol. The molecule has 0 fully saturated rings. The molecule has 0 saturated heterocycles. The Bertz CT molecular complexity index is 322. The van der Waals surface area contributed by atoms with Gasteiger partial charge < -0.3 is 5.32 Å². The summed E-state index contributed by atoms with van der Waals surface area (Å²) in [6, 6.07) is 0.413. The van der Waals surface area contributed by atoms with Crippen LogP contribution in [-0.4, -0.2) is 6.54 Å². The maximum absolute atomic E-state index is 6.35. The second-order valence-corrected chi connectivity index (χ2v) is 5.69. The predicted octanol–water partition coefficient (Wildman–Crippen LogP) is 4.80. The van der Waals surface area contributed by atoms with Gasteiger partial charge in [0.05, 0.1) is 5.02 Å². The summed E-state index contributed by atoms with van der Waals surface area (Å²) in [4.78, 5) is 1.31. The molecule has 0 spiro atoms. The molecule has 2 atom stereocenters. The van der Waals surface area contributed by atoms with Crippen molar-refractivity contribution in [3.63, 3.8) is 0 Å². The maximum atomic E-state index is 6.35. The molecule has 0 saturated carbocycles. The molecular weight excluding hydrogens is 238 g/mol.